The normalized spacial score (nSPS) is 11.7. The quantitative estimate of drug-likeness (QED) is 0.770. The Kier molecular flexibility index (Phi) is 5.53. The first-order valence-electron chi connectivity index (χ1n) is 5.18. The van der Waals surface area contributed by atoms with Crippen LogP contribution in [0.2, 0.25) is 5.02 Å². The van der Waals surface area contributed by atoms with Crippen molar-refractivity contribution in [2.75, 3.05) is 19.0 Å². The molecule has 0 aliphatic carbocycles. The summed E-state index contributed by atoms with van der Waals surface area (Å²) < 4.78 is 18.0. The van der Waals surface area contributed by atoms with Crippen LogP contribution in [0, 0.1) is 5.82 Å². The molecule has 8 heteroatoms. The summed E-state index contributed by atoms with van der Waals surface area (Å²) in [7, 11) is 1.30. The monoisotopic (exact) mass is 290 g/mol. The van der Waals surface area contributed by atoms with Crippen molar-refractivity contribution in [1.82, 2.24) is 5.32 Å². The minimum Gasteiger partial charge on any atom is -0.480 e. The molecule has 2 amide bonds. The van der Waals surface area contributed by atoms with Gasteiger partial charge in [0.05, 0.1) is 12.3 Å². The highest BCUT2D eigenvalue weighted by molar-refractivity contribution is 6.30. The highest BCUT2D eigenvalue weighted by atomic mass is 35.5. The molecule has 6 nitrogen and oxygen atoms in total. The molecule has 0 radical (unpaired) electrons. The van der Waals surface area contributed by atoms with Crippen molar-refractivity contribution < 1.29 is 23.8 Å². The van der Waals surface area contributed by atoms with Crippen molar-refractivity contribution in [3.8, 4) is 0 Å². The second kappa shape index (κ2) is 6.91. The molecule has 1 unspecified atom stereocenters. The van der Waals surface area contributed by atoms with Crippen LogP contribution in [0.15, 0.2) is 18.2 Å². The number of amides is 2. The minimum atomic E-state index is -1.26. The number of aliphatic carboxylic acids is 1. The largest absolute Gasteiger partial charge is 0.480 e. The molecule has 1 atom stereocenters. The topological polar surface area (TPSA) is 87.7 Å². The number of carbonyl (C=O) groups is 2. The van der Waals surface area contributed by atoms with Gasteiger partial charge in [0.1, 0.15) is 5.82 Å². The third kappa shape index (κ3) is 4.72. The lowest BCUT2D eigenvalue weighted by molar-refractivity contribution is -0.140. The van der Waals surface area contributed by atoms with E-state index in [0.29, 0.717) is 0 Å². The third-order valence-corrected chi connectivity index (χ3v) is 2.35. The molecule has 0 saturated carbocycles. The molecule has 1 aromatic rings. The van der Waals surface area contributed by atoms with E-state index in [-0.39, 0.29) is 17.3 Å². The molecule has 0 bridgehead atoms. The molecule has 0 aliphatic rings. The SMILES string of the molecule is COCC(NC(=O)Nc1cc(Cl)ccc1F)C(=O)O. The molecule has 0 aliphatic heterocycles. The number of urea groups is 1. The maximum Gasteiger partial charge on any atom is 0.328 e. The first-order chi connectivity index (χ1) is 8.93. The van der Waals surface area contributed by atoms with Crippen LogP contribution in [0.5, 0.6) is 0 Å². The van der Waals surface area contributed by atoms with Crippen LogP contribution in [0.4, 0.5) is 14.9 Å². The van der Waals surface area contributed by atoms with E-state index in [9.17, 15) is 14.0 Å². The van der Waals surface area contributed by atoms with Gasteiger partial charge in [0.2, 0.25) is 0 Å². The van der Waals surface area contributed by atoms with E-state index in [1.165, 1.54) is 19.2 Å². The maximum atomic E-state index is 13.3. The van der Waals surface area contributed by atoms with Gasteiger partial charge in [0, 0.05) is 12.1 Å². The molecule has 0 heterocycles. The zero-order valence-electron chi connectivity index (χ0n) is 9.94. The van der Waals surface area contributed by atoms with Crippen LogP contribution in [0.3, 0.4) is 0 Å². The van der Waals surface area contributed by atoms with Crippen LogP contribution >= 0.6 is 11.6 Å². The van der Waals surface area contributed by atoms with Crippen molar-refractivity contribution in [2.24, 2.45) is 0 Å². The van der Waals surface area contributed by atoms with Gasteiger partial charge in [-0.3, -0.25) is 0 Å². The molecule has 19 heavy (non-hydrogen) atoms. The molecular formula is C11H12ClFN2O4. The van der Waals surface area contributed by atoms with Gasteiger partial charge in [-0.25, -0.2) is 14.0 Å². The predicted octanol–water partition coefficient (Wildman–Crippen LogP) is 1.70. The molecule has 0 spiro atoms. The zero-order chi connectivity index (χ0) is 14.4. The second-order valence-electron chi connectivity index (χ2n) is 3.57. The maximum absolute atomic E-state index is 13.3. The van der Waals surface area contributed by atoms with Crippen LogP contribution in [0.25, 0.3) is 0 Å². The van der Waals surface area contributed by atoms with Crippen LogP contribution < -0.4 is 10.6 Å². The van der Waals surface area contributed by atoms with Gasteiger partial charge in [-0.2, -0.15) is 0 Å². The van der Waals surface area contributed by atoms with Gasteiger partial charge >= 0.3 is 12.0 Å². The number of benzene rings is 1. The lowest BCUT2D eigenvalue weighted by Gasteiger charge is -2.14. The number of carboxylic acids is 1. The van der Waals surface area contributed by atoms with Gasteiger partial charge in [-0.05, 0) is 18.2 Å². The van der Waals surface area contributed by atoms with Crippen molar-refractivity contribution >= 4 is 29.3 Å². The summed E-state index contributed by atoms with van der Waals surface area (Å²) in [6, 6.07) is 1.52. The summed E-state index contributed by atoms with van der Waals surface area (Å²) in [5.74, 6) is -1.94. The number of methoxy groups -OCH3 is 1. The summed E-state index contributed by atoms with van der Waals surface area (Å²) in [5.41, 5.74) is -0.147. The van der Waals surface area contributed by atoms with Gasteiger partial charge in [0.15, 0.2) is 6.04 Å². The Morgan fingerprint density at radius 1 is 1.53 bits per heavy atom. The van der Waals surface area contributed by atoms with E-state index in [1.807, 2.05) is 0 Å². The third-order valence-electron chi connectivity index (χ3n) is 2.11. The van der Waals surface area contributed by atoms with Crippen molar-refractivity contribution in [3.05, 3.63) is 29.0 Å². The average molecular weight is 291 g/mol. The number of carbonyl (C=O) groups excluding carboxylic acids is 1. The number of halogens is 2. The summed E-state index contributed by atoms with van der Waals surface area (Å²) >= 11 is 5.65. The summed E-state index contributed by atoms with van der Waals surface area (Å²) in [6.07, 6.45) is 0. The van der Waals surface area contributed by atoms with Gasteiger partial charge in [0.25, 0.3) is 0 Å². The molecule has 104 valence electrons. The van der Waals surface area contributed by atoms with E-state index in [4.69, 9.17) is 16.7 Å². The molecule has 1 rings (SSSR count). The minimum absolute atomic E-state index is 0.147. The Labute approximate surface area is 113 Å². The van der Waals surface area contributed by atoms with Crippen molar-refractivity contribution in [2.45, 2.75) is 6.04 Å². The fourth-order valence-electron chi connectivity index (χ4n) is 1.25. The van der Waals surface area contributed by atoms with Crippen LogP contribution in [-0.2, 0) is 9.53 Å². The zero-order valence-corrected chi connectivity index (χ0v) is 10.7. The van der Waals surface area contributed by atoms with E-state index < -0.39 is 23.9 Å². The number of carboxylic acid groups (broad SMARTS) is 1. The average Bonchev–Trinajstić information content (AvgIpc) is 2.33. The fraction of sp³-hybridized carbons (Fsp3) is 0.273. The summed E-state index contributed by atoms with van der Waals surface area (Å²) in [6.45, 7) is -0.208. The highest BCUT2D eigenvalue weighted by Gasteiger charge is 2.20. The fourth-order valence-corrected chi connectivity index (χ4v) is 1.42. The summed E-state index contributed by atoms with van der Waals surface area (Å²) in [5, 5.41) is 13.3. The number of rotatable bonds is 5. The Morgan fingerprint density at radius 3 is 2.79 bits per heavy atom. The molecule has 0 fully saturated rings. The Hall–Kier alpha value is -1.86. The van der Waals surface area contributed by atoms with E-state index in [2.05, 4.69) is 15.4 Å². The van der Waals surface area contributed by atoms with E-state index in [1.54, 1.807) is 0 Å². The van der Waals surface area contributed by atoms with E-state index >= 15 is 0 Å². The number of ether oxygens (including phenoxy) is 1. The van der Waals surface area contributed by atoms with Gasteiger partial charge in [-0.1, -0.05) is 11.6 Å². The summed E-state index contributed by atoms with van der Waals surface area (Å²) in [4.78, 5) is 22.3. The molecule has 1 aromatic carbocycles. The first kappa shape index (κ1) is 15.2. The van der Waals surface area contributed by atoms with Gasteiger partial charge in [-0.15, -0.1) is 0 Å². The smallest absolute Gasteiger partial charge is 0.328 e. The molecule has 0 saturated heterocycles. The van der Waals surface area contributed by atoms with E-state index in [0.717, 1.165) is 6.07 Å². The Bertz CT molecular complexity index is 484. The predicted molar refractivity (Wildman–Crippen MR) is 66.9 cm³/mol. The number of nitrogens with one attached hydrogen (secondary N) is 2. The first-order valence-corrected chi connectivity index (χ1v) is 5.56. The number of hydrogen-bond acceptors (Lipinski definition) is 3. The van der Waals surface area contributed by atoms with Crippen LogP contribution in [-0.4, -0.2) is 36.9 Å². The van der Waals surface area contributed by atoms with Gasteiger partial charge < -0.3 is 20.5 Å². The lowest BCUT2D eigenvalue weighted by Crippen LogP contribution is -2.45. The standard InChI is InChI=1S/C11H12ClFN2O4/c1-19-5-9(10(16)17)15-11(18)14-8-4-6(12)2-3-7(8)13/h2-4,9H,5H2,1H3,(H,16,17)(H2,14,15,18). The lowest BCUT2D eigenvalue weighted by atomic mass is 10.3. The van der Waals surface area contributed by atoms with Crippen LogP contribution in [0.1, 0.15) is 0 Å². The Balaban J connectivity index is 2.68. The number of hydrogen-bond donors (Lipinski definition) is 3. The number of anilines is 1. The van der Waals surface area contributed by atoms with Crippen molar-refractivity contribution in [1.29, 1.82) is 0 Å². The Morgan fingerprint density at radius 2 is 2.21 bits per heavy atom. The molecular weight excluding hydrogens is 279 g/mol. The van der Waals surface area contributed by atoms with Crippen molar-refractivity contribution in [3.63, 3.8) is 0 Å². The highest BCUT2D eigenvalue weighted by Crippen LogP contribution is 2.19. The molecule has 3 N–H and O–H groups in total. The molecule has 0 aromatic heterocycles. The second-order valence-corrected chi connectivity index (χ2v) is 4.01.